The number of aromatic amines is 1. The molecule has 0 aliphatic heterocycles. The minimum Gasteiger partial charge on any atom is -0.283 e. The number of carbonyl (C=O) groups excluding carboxylic acids is 2. The zero-order valence-corrected chi connectivity index (χ0v) is 11.9. The second-order valence-electron chi connectivity index (χ2n) is 4.25. The maximum absolute atomic E-state index is 12.6. The Kier molecular flexibility index (Phi) is 4.45. The van der Waals surface area contributed by atoms with Crippen LogP contribution in [0.15, 0.2) is 11.6 Å². The van der Waals surface area contributed by atoms with Crippen LogP contribution >= 0.6 is 11.3 Å². The summed E-state index contributed by atoms with van der Waals surface area (Å²) in [6, 6.07) is 1.63. The fourth-order valence-electron chi connectivity index (χ4n) is 1.57. The maximum atomic E-state index is 12.6. The van der Waals surface area contributed by atoms with Gasteiger partial charge in [-0.05, 0) is 13.0 Å². The minimum atomic E-state index is -4.68. The van der Waals surface area contributed by atoms with Gasteiger partial charge in [0.15, 0.2) is 5.69 Å². The molecule has 0 fully saturated rings. The lowest BCUT2D eigenvalue weighted by Gasteiger charge is -2.08. The Labute approximate surface area is 125 Å². The van der Waals surface area contributed by atoms with Crippen LogP contribution in [0.25, 0.3) is 0 Å². The molecular weight excluding hydrogens is 323 g/mol. The van der Waals surface area contributed by atoms with Crippen LogP contribution in [0, 0.1) is 6.92 Å². The van der Waals surface area contributed by atoms with Crippen molar-refractivity contribution in [2.24, 2.45) is 0 Å². The van der Waals surface area contributed by atoms with Crippen molar-refractivity contribution in [1.29, 1.82) is 0 Å². The number of amides is 2. The number of alkyl halides is 3. The van der Waals surface area contributed by atoms with Gasteiger partial charge in [-0.25, -0.2) is 4.98 Å². The SMILES string of the molecule is Cc1cc(CC(=O)NNC(=O)c2ncsc2C(F)(F)F)n[nH]1. The number of aryl methyl sites for hydroxylation is 1. The number of hydrogen-bond donors (Lipinski definition) is 3. The van der Waals surface area contributed by atoms with Gasteiger partial charge in [-0.2, -0.15) is 18.3 Å². The molecule has 22 heavy (non-hydrogen) atoms. The van der Waals surface area contributed by atoms with E-state index < -0.39 is 28.6 Å². The number of hydrogen-bond acceptors (Lipinski definition) is 5. The molecular formula is C11H10F3N5O2S. The highest BCUT2D eigenvalue weighted by atomic mass is 32.1. The van der Waals surface area contributed by atoms with Crippen LogP contribution in [-0.2, 0) is 17.4 Å². The number of H-pyrrole nitrogens is 1. The van der Waals surface area contributed by atoms with Gasteiger partial charge in [0.25, 0.3) is 5.91 Å². The summed E-state index contributed by atoms with van der Waals surface area (Å²) in [5.74, 6) is -1.76. The average molecular weight is 333 g/mol. The molecule has 7 nitrogen and oxygen atoms in total. The van der Waals surface area contributed by atoms with Gasteiger partial charge in [0.05, 0.1) is 17.6 Å². The number of halogens is 3. The van der Waals surface area contributed by atoms with E-state index in [1.54, 1.807) is 13.0 Å². The third-order valence-corrected chi connectivity index (χ3v) is 3.33. The number of nitrogens with one attached hydrogen (secondary N) is 3. The first-order chi connectivity index (χ1) is 10.3. The van der Waals surface area contributed by atoms with Crippen molar-refractivity contribution in [3.8, 4) is 0 Å². The number of aromatic nitrogens is 3. The molecule has 2 amide bonds. The summed E-state index contributed by atoms with van der Waals surface area (Å²) in [4.78, 5) is 25.4. The fraction of sp³-hybridized carbons (Fsp3) is 0.273. The molecule has 2 aromatic rings. The molecule has 0 aliphatic rings. The van der Waals surface area contributed by atoms with Crippen molar-refractivity contribution in [2.75, 3.05) is 0 Å². The van der Waals surface area contributed by atoms with Crippen molar-refractivity contribution in [1.82, 2.24) is 26.0 Å². The zero-order valence-electron chi connectivity index (χ0n) is 11.1. The fourth-order valence-corrected chi connectivity index (χ4v) is 2.22. The van der Waals surface area contributed by atoms with Crippen LogP contribution in [0.4, 0.5) is 13.2 Å². The standard InChI is InChI=1S/C11H10F3N5O2S/c1-5-2-6(17-16-5)3-7(20)18-19-10(21)8-9(11(12,13)14)22-4-15-8/h2,4H,3H2,1H3,(H,16,17)(H,18,20)(H,19,21). The van der Waals surface area contributed by atoms with Crippen molar-refractivity contribution >= 4 is 23.2 Å². The van der Waals surface area contributed by atoms with Gasteiger partial charge in [-0.15, -0.1) is 11.3 Å². The highest BCUT2D eigenvalue weighted by Crippen LogP contribution is 2.34. The third kappa shape index (κ3) is 3.81. The van der Waals surface area contributed by atoms with E-state index >= 15 is 0 Å². The largest absolute Gasteiger partial charge is 0.427 e. The van der Waals surface area contributed by atoms with E-state index in [0.29, 0.717) is 17.0 Å². The number of nitrogens with zero attached hydrogens (tertiary/aromatic N) is 2. The molecule has 2 heterocycles. The maximum Gasteiger partial charge on any atom is 0.427 e. The molecule has 0 atom stereocenters. The molecule has 0 aromatic carbocycles. The Hall–Kier alpha value is -2.43. The molecule has 0 aliphatic carbocycles. The summed E-state index contributed by atoms with van der Waals surface area (Å²) < 4.78 is 37.9. The normalized spacial score (nSPS) is 11.3. The van der Waals surface area contributed by atoms with E-state index in [2.05, 4.69) is 15.2 Å². The molecule has 0 saturated heterocycles. The average Bonchev–Trinajstić information content (AvgIpc) is 3.04. The van der Waals surface area contributed by atoms with Crippen LogP contribution < -0.4 is 10.9 Å². The minimum absolute atomic E-state index is 0.131. The van der Waals surface area contributed by atoms with Gasteiger partial charge >= 0.3 is 6.18 Å². The number of thiazole rings is 1. The lowest BCUT2D eigenvalue weighted by molar-refractivity contribution is -0.134. The Balaban J connectivity index is 1.93. The summed E-state index contributed by atoms with van der Waals surface area (Å²) in [6.45, 7) is 1.75. The number of rotatable bonds is 3. The highest BCUT2D eigenvalue weighted by Gasteiger charge is 2.38. The Morgan fingerprint density at radius 2 is 2.09 bits per heavy atom. The topological polar surface area (TPSA) is 99.8 Å². The lowest BCUT2D eigenvalue weighted by atomic mass is 10.3. The predicted octanol–water partition coefficient (Wildman–Crippen LogP) is 1.20. The van der Waals surface area contributed by atoms with Crippen molar-refractivity contribution in [2.45, 2.75) is 19.5 Å². The number of hydrazine groups is 1. The Morgan fingerprint density at radius 1 is 1.36 bits per heavy atom. The van der Waals surface area contributed by atoms with Gasteiger partial charge < -0.3 is 0 Å². The first kappa shape index (κ1) is 15.9. The van der Waals surface area contributed by atoms with E-state index in [1.165, 1.54) is 0 Å². The van der Waals surface area contributed by atoms with Crippen molar-refractivity contribution in [3.05, 3.63) is 33.5 Å². The highest BCUT2D eigenvalue weighted by molar-refractivity contribution is 7.10. The Bertz CT molecular complexity index is 694. The first-order valence-corrected chi connectivity index (χ1v) is 6.76. The van der Waals surface area contributed by atoms with E-state index in [1.807, 2.05) is 10.9 Å². The summed E-state index contributed by atoms with van der Waals surface area (Å²) >= 11 is 0.301. The molecule has 2 aromatic heterocycles. The summed E-state index contributed by atoms with van der Waals surface area (Å²) in [5.41, 5.74) is 5.22. The van der Waals surface area contributed by atoms with Crippen LogP contribution in [0.2, 0.25) is 0 Å². The van der Waals surface area contributed by atoms with Crippen LogP contribution in [-0.4, -0.2) is 27.0 Å². The van der Waals surface area contributed by atoms with Crippen LogP contribution in [0.5, 0.6) is 0 Å². The first-order valence-electron chi connectivity index (χ1n) is 5.88. The monoisotopic (exact) mass is 333 g/mol. The molecule has 0 spiro atoms. The molecule has 0 radical (unpaired) electrons. The van der Waals surface area contributed by atoms with Crippen LogP contribution in [0.1, 0.15) is 26.8 Å². The van der Waals surface area contributed by atoms with Crippen molar-refractivity contribution in [3.63, 3.8) is 0 Å². The molecule has 11 heteroatoms. The van der Waals surface area contributed by atoms with E-state index in [9.17, 15) is 22.8 Å². The zero-order chi connectivity index (χ0) is 16.3. The van der Waals surface area contributed by atoms with Gasteiger partial charge in [0, 0.05) is 5.69 Å². The van der Waals surface area contributed by atoms with E-state index in [0.717, 1.165) is 11.2 Å². The predicted molar refractivity (Wildman–Crippen MR) is 69.8 cm³/mol. The van der Waals surface area contributed by atoms with Crippen molar-refractivity contribution < 1.29 is 22.8 Å². The van der Waals surface area contributed by atoms with Crippen LogP contribution in [0.3, 0.4) is 0 Å². The number of carbonyl (C=O) groups is 2. The molecule has 0 unspecified atom stereocenters. The van der Waals surface area contributed by atoms with Gasteiger partial charge in [0.1, 0.15) is 4.88 Å². The second-order valence-corrected chi connectivity index (χ2v) is 5.10. The van der Waals surface area contributed by atoms with Gasteiger partial charge in [-0.1, -0.05) is 0 Å². The lowest BCUT2D eigenvalue weighted by Crippen LogP contribution is -2.43. The molecule has 0 bridgehead atoms. The summed E-state index contributed by atoms with van der Waals surface area (Å²) in [5, 5.41) is 6.46. The smallest absolute Gasteiger partial charge is 0.283 e. The summed E-state index contributed by atoms with van der Waals surface area (Å²) in [6.07, 6.45) is -4.81. The quantitative estimate of drug-likeness (QED) is 0.735. The third-order valence-electron chi connectivity index (χ3n) is 2.46. The van der Waals surface area contributed by atoms with Gasteiger partial charge in [-0.3, -0.25) is 25.5 Å². The van der Waals surface area contributed by atoms with E-state index in [4.69, 9.17) is 0 Å². The van der Waals surface area contributed by atoms with E-state index in [-0.39, 0.29) is 6.42 Å². The summed E-state index contributed by atoms with van der Waals surface area (Å²) in [7, 11) is 0. The van der Waals surface area contributed by atoms with Gasteiger partial charge in [0.2, 0.25) is 5.91 Å². The molecule has 118 valence electrons. The molecule has 2 rings (SSSR count). The molecule has 0 saturated carbocycles. The second kappa shape index (κ2) is 6.13. The molecule has 3 N–H and O–H groups in total. The Morgan fingerprint density at radius 3 is 2.68 bits per heavy atom.